The van der Waals surface area contributed by atoms with Gasteiger partial charge in [0, 0.05) is 29.8 Å². The minimum atomic E-state index is -0.0258. The van der Waals surface area contributed by atoms with Crippen LogP contribution in [0, 0.1) is 20.8 Å². The maximum atomic E-state index is 12.1. The molecule has 1 N–H and O–H groups in total. The highest BCUT2D eigenvalue weighted by atomic mass is 32.1. The van der Waals surface area contributed by atoms with Gasteiger partial charge in [-0.2, -0.15) is 0 Å². The molecule has 4 nitrogen and oxygen atoms in total. The van der Waals surface area contributed by atoms with Crippen LogP contribution in [-0.4, -0.2) is 15.9 Å². The van der Waals surface area contributed by atoms with Crippen molar-refractivity contribution in [3.05, 3.63) is 64.3 Å². The Kier molecular flexibility index (Phi) is 5.24. The number of hydrogen-bond acceptors (Lipinski definition) is 4. The first-order valence-electron chi connectivity index (χ1n) is 8.25. The van der Waals surface area contributed by atoms with Gasteiger partial charge in [0.25, 0.3) is 0 Å². The molecule has 0 bridgehead atoms. The number of rotatable bonds is 5. The minimum Gasteiger partial charge on any atom is -0.302 e. The second-order valence-corrected chi connectivity index (χ2v) is 7.08. The summed E-state index contributed by atoms with van der Waals surface area (Å²) in [4.78, 5) is 20.8. The van der Waals surface area contributed by atoms with E-state index in [2.05, 4.69) is 48.2 Å². The fourth-order valence-corrected chi connectivity index (χ4v) is 3.73. The second-order valence-electron chi connectivity index (χ2n) is 6.22. The average Bonchev–Trinajstić information content (AvgIpc) is 3.01. The van der Waals surface area contributed by atoms with E-state index in [0.29, 0.717) is 18.0 Å². The molecule has 0 saturated heterocycles. The summed E-state index contributed by atoms with van der Waals surface area (Å²) in [6, 6.07) is 8.18. The van der Waals surface area contributed by atoms with E-state index in [0.717, 1.165) is 16.8 Å². The third-order valence-corrected chi connectivity index (χ3v) is 4.80. The van der Waals surface area contributed by atoms with Crippen molar-refractivity contribution in [3.63, 3.8) is 0 Å². The number of anilines is 1. The molecular formula is C20H21N3OS. The molecule has 128 valence electrons. The summed E-state index contributed by atoms with van der Waals surface area (Å²) < 4.78 is 0. The fraction of sp³-hybridized carbons (Fsp3) is 0.250. The van der Waals surface area contributed by atoms with Crippen LogP contribution in [0.5, 0.6) is 0 Å². The standard InChI is InChI=1S/C20H21N3OS/c1-13-9-14(2)19(15(3)10-13)17-12-25-20(22-17)23-18(24)7-6-16-5-4-8-21-11-16/h4-5,8-12H,6-7H2,1-3H3,(H,22,23,24). The summed E-state index contributed by atoms with van der Waals surface area (Å²) in [6.45, 7) is 6.29. The predicted molar refractivity (Wildman–Crippen MR) is 103 cm³/mol. The van der Waals surface area contributed by atoms with Gasteiger partial charge < -0.3 is 5.32 Å². The van der Waals surface area contributed by atoms with Crippen molar-refractivity contribution in [2.75, 3.05) is 5.32 Å². The molecule has 0 saturated carbocycles. The van der Waals surface area contributed by atoms with Gasteiger partial charge in [-0.05, 0) is 49.9 Å². The highest BCUT2D eigenvalue weighted by Crippen LogP contribution is 2.31. The number of nitrogens with zero attached hydrogens (tertiary/aromatic N) is 2. The number of nitrogens with one attached hydrogen (secondary N) is 1. The molecule has 25 heavy (non-hydrogen) atoms. The van der Waals surface area contributed by atoms with Gasteiger partial charge >= 0.3 is 0 Å². The van der Waals surface area contributed by atoms with Gasteiger partial charge in [-0.25, -0.2) is 4.98 Å². The van der Waals surface area contributed by atoms with Crippen molar-refractivity contribution in [2.24, 2.45) is 0 Å². The Morgan fingerprint density at radius 3 is 2.64 bits per heavy atom. The van der Waals surface area contributed by atoms with Crippen molar-refractivity contribution in [2.45, 2.75) is 33.6 Å². The number of aryl methyl sites for hydroxylation is 4. The number of pyridine rings is 1. The average molecular weight is 351 g/mol. The van der Waals surface area contributed by atoms with Crippen molar-refractivity contribution in [3.8, 4) is 11.3 Å². The Morgan fingerprint density at radius 2 is 1.96 bits per heavy atom. The molecular weight excluding hydrogens is 330 g/mol. The lowest BCUT2D eigenvalue weighted by Gasteiger charge is -2.08. The van der Waals surface area contributed by atoms with Crippen LogP contribution in [-0.2, 0) is 11.2 Å². The Labute approximate surface area is 152 Å². The van der Waals surface area contributed by atoms with Crippen LogP contribution in [0.4, 0.5) is 5.13 Å². The Hall–Kier alpha value is -2.53. The number of thiazole rings is 1. The van der Waals surface area contributed by atoms with Crippen LogP contribution in [0.2, 0.25) is 0 Å². The maximum Gasteiger partial charge on any atom is 0.226 e. The van der Waals surface area contributed by atoms with E-state index in [1.54, 1.807) is 12.4 Å². The van der Waals surface area contributed by atoms with E-state index in [4.69, 9.17) is 0 Å². The molecule has 0 aliphatic heterocycles. The van der Waals surface area contributed by atoms with E-state index < -0.39 is 0 Å². The molecule has 0 aliphatic rings. The van der Waals surface area contributed by atoms with Gasteiger partial charge in [0.2, 0.25) is 5.91 Å². The smallest absolute Gasteiger partial charge is 0.226 e. The highest BCUT2D eigenvalue weighted by molar-refractivity contribution is 7.14. The molecule has 0 atom stereocenters. The zero-order chi connectivity index (χ0) is 17.8. The number of carbonyl (C=O) groups excluding carboxylic acids is 1. The quantitative estimate of drug-likeness (QED) is 0.725. The third kappa shape index (κ3) is 4.31. The molecule has 0 aliphatic carbocycles. The fourth-order valence-electron chi connectivity index (χ4n) is 3.02. The first-order chi connectivity index (χ1) is 12.0. The van der Waals surface area contributed by atoms with E-state index in [1.807, 2.05) is 17.5 Å². The van der Waals surface area contributed by atoms with Gasteiger partial charge in [0.05, 0.1) is 5.69 Å². The van der Waals surface area contributed by atoms with Crippen LogP contribution in [0.1, 0.15) is 28.7 Å². The van der Waals surface area contributed by atoms with Gasteiger partial charge in [0.1, 0.15) is 0 Å². The lowest BCUT2D eigenvalue weighted by atomic mass is 9.98. The van der Waals surface area contributed by atoms with Crippen molar-refractivity contribution < 1.29 is 4.79 Å². The zero-order valence-corrected chi connectivity index (χ0v) is 15.5. The largest absolute Gasteiger partial charge is 0.302 e. The molecule has 0 unspecified atom stereocenters. The number of benzene rings is 1. The summed E-state index contributed by atoms with van der Waals surface area (Å²) in [5, 5.41) is 5.55. The number of hydrogen-bond donors (Lipinski definition) is 1. The van der Waals surface area contributed by atoms with Crippen LogP contribution in [0.15, 0.2) is 42.0 Å². The van der Waals surface area contributed by atoms with E-state index in [1.165, 1.54) is 28.0 Å². The second kappa shape index (κ2) is 7.57. The minimum absolute atomic E-state index is 0.0258. The van der Waals surface area contributed by atoms with Crippen molar-refractivity contribution >= 4 is 22.4 Å². The van der Waals surface area contributed by atoms with Gasteiger partial charge in [0.15, 0.2) is 5.13 Å². The molecule has 0 fully saturated rings. The molecule has 2 heterocycles. The highest BCUT2D eigenvalue weighted by Gasteiger charge is 2.12. The molecule has 1 amide bonds. The number of aromatic nitrogens is 2. The third-order valence-electron chi connectivity index (χ3n) is 4.05. The Bertz CT molecular complexity index is 864. The monoisotopic (exact) mass is 351 g/mol. The number of amides is 1. The van der Waals surface area contributed by atoms with E-state index >= 15 is 0 Å². The van der Waals surface area contributed by atoms with Gasteiger partial charge in [-0.3, -0.25) is 9.78 Å². The summed E-state index contributed by atoms with van der Waals surface area (Å²) in [5.41, 5.74) is 6.79. The first-order valence-corrected chi connectivity index (χ1v) is 9.13. The molecule has 1 aromatic carbocycles. The normalized spacial score (nSPS) is 10.7. The zero-order valence-electron chi connectivity index (χ0n) is 14.7. The van der Waals surface area contributed by atoms with E-state index in [-0.39, 0.29) is 5.91 Å². The molecule has 3 aromatic rings. The van der Waals surface area contributed by atoms with Crippen molar-refractivity contribution in [1.82, 2.24) is 9.97 Å². The first kappa shape index (κ1) is 17.3. The van der Waals surface area contributed by atoms with Crippen molar-refractivity contribution in [1.29, 1.82) is 0 Å². The lowest BCUT2D eigenvalue weighted by molar-refractivity contribution is -0.116. The Balaban J connectivity index is 1.67. The van der Waals surface area contributed by atoms with Crippen LogP contribution < -0.4 is 5.32 Å². The van der Waals surface area contributed by atoms with E-state index in [9.17, 15) is 4.79 Å². The molecule has 3 rings (SSSR count). The maximum absolute atomic E-state index is 12.1. The Morgan fingerprint density at radius 1 is 1.20 bits per heavy atom. The van der Waals surface area contributed by atoms with Gasteiger partial charge in [-0.1, -0.05) is 23.8 Å². The summed E-state index contributed by atoms with van der Waals surface area (Å²) in [6.07, 6.45) is 4.62. The topological polar surface area (TPSA) is 54.9 Å². The predicted octanol–water partition coefficient (Wildman–Crippen LogP) is 4.70. The SMILES string of the molecule is Cc1cc(C)c(-c2csc(NC(=O)CCc3cccnc3)n2)c(C)c1. The van der Waals surface area contributed by atoms with Crippen LogP contribution in [0.3, 0.4) is 0 Å². The van der Waals surface area contributed by atoms with Crippen LogP contribution in [0.25, 0.3) is 11.3 Å². The summed E-state index contributed by atoms with van der Waals surface area (Å²) in [7, 11) is 0. The van der Waals surface area contributed by atoms with Gasteiger partial charge in [-0.15, -0.1) is 11.3 Å². The molecule has 2 aromatic heterocycles. The molecule has 5 heteroatoms. The summed E-state index contributed by atoms with van der Waals surface area (Å²) >= 11 is 1.46. The molecule has 0 spiro atoms. The summed E-state index contributed by atoms with van der Waals surface area (Å²) in [5.74, 6) is -0.0258. The molecule has 0 radical (unpaired) electrons. The number of carbonyl (C=O) groups is 1. The lowest BCUT2D eigenvalue weighted by Crippen LogP contribution is -2.12. The van der Waals surface area contributed by atoms with Crippen LogP contribution >= 0.6 is 11.3 Å².